The number of thioether (sulfide) groups is 2. The van der Waals surface area contributed by atoms with Gasteiger partial charge in [0.15, 0.2) is 0 Å². The van der Waals surface area contributed by atoms with Crippen LogP contribution in [0.5, 0.6) is 5.75 Å². The van der Waals surface area contributed by atoms with Crippen LogP contribution in [0.3, 0.4) is 0 Å². The summed E-state index contributed by atoms with van der Waals surface area (Å²) in [6.07, 6.45) is 0. The van der Waals surface area contributed by atoms with Crippen molar-refractivity contribution in [1.82, 2.24) is 19.3 Å². The first-order chi connectivity index (χ1) is 19.8. The number of amides is 1. The number of halogens is 1. The SMILES string of the molecule is CCOC(=O)c1c(CSCCN2C(=O)CSC2c2ccccc2)n(C)c2cc(Br)c(O)c(CN3CCN(C)CC3)c12. The first kappa shape index (κ1) is 30.3. The number of fused-ring (bicyclic) bond motifs is 1. The normalized spacial score (nSPS) is 18.5. The summed E-state index contributed by atoms with van der Waals surface area (Å²) in [6, 6.07) is 12.0. The second-order valence-electron chi connectivity index (χ2n) is 10.5. The van der Waals surface area contributed by atoms with Gasteiger partial charge in [0.2, 0.25) is 5.91 Å². The number of phenolic OH excluding ortho intramolecular Hbond substituents is 1. The van der Waals surface area contributed by atoms with Gasteiger partial charge < -0.3 is 24.2 Å². The van der Waals surface area contributed by atoms with Crippen molar-refractivity contribution in [3.63, 3.8) is 0 Å². The number of piperazine rings is 1. The van der Waals surface area contributed by atoms with Gasteiger partial charge >= 0.3 is 5.97 Å². The van der Waals surface area contributed by atoms with E-state index in [1.807, 2.05) is 43.1 Å². The highest BCUT2D eigenvalue weighted by atomic mass is 79.9. The third-order valence-corrected chi connectivity index (χ3v) is 10.7. The second kappa shape index (κ2) is 13.4. The summed E-state index contributed by atoms with van der Waals surface area (Å²) >= 11 is 6.93. The maximum Gasteiger partial charge on any atom is 0.340 e. The number of aromatic hydroxyl groups is 1. The number of aryl methyl sites for hydroxylation is 1. The fraction of sp³-hybridized carbons (Fsp3) is 0.467. The molecule has 1 aromatic heterocycles. The number of rotatable bonds is 10. The number of phenols is 1. The molecule has 1 N–H and O–H groups in total. The Balaban J connectivity index is 1.41. The third-order valence-electron chi connectivity index (χ3n) is 7.86. The number of esters is 1. The minimum Gasteiger partial charge on any atom is -0.506 e. The van der Waals surface area contributed by atoms with E-state index in [-0.39, 0.29) is 29.6 Å². The first-order valence-electron chi connectivity index (χ1n) is 13.9. The molecule has 8 nitrogen and oxygen atoms in total. The molecule has 1 atom stereocenters. The lowest BCUT2D eigenvalue weighted by Gasteiger charge is -2.32. The van der Waals surface area contributed by atoms with Gasteiger partial charge in [0.1, 0.15) is 11.1 Å². The molecule has 11 heteroatoms. The fourth-order valence-electron chi connectivity index (χ4n) is 5.58. The molecule has 2 fully saturated rings. The molecule has 2 aromatic carbocycles. The Morgan fingerprint density at radius 2 is 1.90 bits per heavy atom. The van der Waals surface area contributed by atoms with Gasteiger partial charge in [-0.3, -0.25) is 9.69 Å². The Labute approximate surface area is 258 Å². The number of hydrogen-bond donors (Lipinski definition) is 1. The highest BCUT2D eigenvalue weighted by Gasteiger charge is 2.33. The van der Waals surface area contributed by atoms with Crippen LogP contribution in [0.2, 0.25) is 0 Å². The molecule has 2 aliphatic heterocycles. The lowest BCUT2D eigenvalue weighted by Crippen LogP contribution is -2.43. The van der Waals surface area contributed by atoms with Gasteiger partial charge in [-0.15, -0.1) is 11.8 Å². The lowest BCUT2D eigenvalue weighted by atomic mass is 10.0. The van der Waals surface area contributed by atoms with Gasteiger partial charge in [-0.25, -0.2) is 4.79 Å². The van der Waals surface area contributed by atoms with Crippen LogP contribution in [0.15, 0.2) is 40.9 Å². The van der Waals surface area contributed by atoms with Gasteiger partial charge in [-0.05, 0) is 41.5 Å². The number of benzene rings is 2. The second-order valence-corrected chi connectivity index (χ2v) is 13.5. The maximum atomic E-state index is 13.4. The van der Waals surface area contributed by atoms with Gasteiger partial charge in [-0.2, -0.15) is 11.8 Å². The Hall–Kier alpha value is -2.18. The molecule has 0 aliphatic carbocycles. The summed E-state index contributed by atoms with van der Waals surface area (Å²) in [6.45, 7) is 6.98. The quantitative estimate of drug-likeness (QED) is 0.238. The van der Waals surface area contributed by atoms with E-state index in [0.29, 0.717) is 34.6 Å². The van der Waals surface area contributed by atoms with Crippen molar-refractivity contribution in [3.05, 3.63) is 63.3 Å². The van der Waals surface area contributed by atoms with Crippen LogP contribution in [-0.2, 0) is 28.9 Å². The molecular weight excluding hydrogens is 624 g/mol. The Morgan fingerprint density at radius 3 is 2.61 bits per heavy atom. The lowest BCUT2D eigenvalue weighted by molar-refractivity contribution is -0.127. The van der Waals surface area contributed by atoms with Crippen molar-refractivity contribution in [2.24, 2.45) is 7.05 Å². The number of aromatic nitrogens is 1. The summed E-state index contributed by atoms with van der Waals surface area (Å²) in [4.78, 5) is 32.7. The van der Waals surface area contributed by atoms with Crippen molar-refractivity contribution in [2.45, 2.75) is 24.6 Å². The third kappa shape index (κ3) is 6.44. The Bertz CT molecular complexity index is 1410. The molecule has 2 aliphatic rings. The molecule has 5 rings (SSSR count). The van der Waals surface area contributed by atoms with Crippen LogP contribution in [0.25, 0.3) is 10.9 Å². The van der Waals surface area contributed by atoms with Crippen LogP contribution in [0.4, 0.5) is 0 Å². The molecule has 1 amide bonds. The van der Waals surface area contributed by atoms with Gasteiger partial charge in [-0.1, -0.05) is 30.3 Å². The zero-order valence-electron chi connectivity index (χ0n) is 23.8. The smallest absolute Gasteiger partial charge is 0.340 e. The molecule has 0 radical (unpaired) electrons. The molecule has 3 aromatic rings. The molecule has 41 heavy (non-hydrogen) atoms. The summed E-state index contributed by atoms with van der Waals surface area (Å²) in [5.41, 5.74) is 4.16. The number of hydrogen-bond acceptors (Lipinski definition) is 8. The Kier molecular flexibility index (Phi) is 9.91. The largest absolute Gasteiger partial charge is 0.506 e. The molecule has 0 saturated carbocycles. The highest BCUT2D eigenvalue weighted by molar-refractivity contribution is 9.10. The monoisotopic (exact) mass is 660 g/mol. The standard InChI is InChI=1S/C30H37BrN4O4S2/c1-4-39-30(38)27-24(18-40-15-14-35-25(36)19-41-29(35)20-8-6-5-7-9-20)33(3)23-16-22(31)28(37)21(26(23)27)17-34-12-10-32(2)11-13-34/h5-9,16,29,37H,4,10-15,17-19H2,1-3H3. The predicted octanol–water partition coefficient (Wildman–Crippen LogP) is 5.08. The highest BCUT2D eigenvalue weighted by Crippen LogP contribution is 2.41. The van der Waals surface area contributed by atoms with Crippen LogP contribution < -0.4 is 0 Å². The molecule has 2 saturated heterocycles. The van der Waals surface area contributed by atoms with Crippen LogP contribution >= 0.6 is 39.5 Å². The molecule has 3 heterocycles. The van der Waals surface area contributed by atoms with E-state index >= 15 is 0 Å². The number of likely N-dealkylation sites (N-methyl/N-ethyl adjacent to an activating group) is 1. The van der Waals surface area contributed by atoms with Crippen molar-refractivity contribution in [1.29, 1.82) is 0 Å². The molecule has 0 spiro atoms. The summed E-state index contributed by atoms with van der Waals surface area (Å²) in [5, 5.41) is 12.0. The first-order valence-corrected chi connectivity index (χ1v) is 16.9. The molecule has 1 unspecified atom stereocenters. The van der Waals surface area contributed by atoms with Gasteiger partial charge in [0.05, 0.1) is 27.9 Å². The number of carbonyl (C=O) groups is 2. The zero-order valence-corrected chi connectivity index (χ0v) is 27.0. The van der Waals surface area contributed by atoms with E-state index in [1.165, 1.54) is 0 Å². The van der Waals surface area contributed by atoms with Crippen molar-refractivity contribution in [3.8, 4) is 5.75 Å². The van der Waals surface area contributed by atoms with Crippen LogP contribution in [0, 0.1) is 0 Å². The molecular formula is C30H37BrN4O4S2. The van der Waals surface area contributed by atoms with E-state index in [2.05, 4.69) is 49.5 Å². The van der Waals surface area contributed by atoms with Crippen LogP contribution in [-0.4, -0.2) is 94.1 Å². The van der Waals surface area contributed by atoms with E-state index in [1.54, 1.807) is 23.5 Å². The van der Waals surface area contributed by atoms with Gasteiger partial charge in [0.25, 0.3) is 0 Å². The van der Waals surface area contributed by atoms with E-state index in [9.17, 15) is 14.7 Å². The minimum absolute atomic E-state index is 0.0366. The number of carbonyl (C=O) groups excluding carboxylic acids is 2. The summed E-state index contributed by atoms with van der Waals surface area (Å²) in [7, 11) is 4.09. The average Bonchev–Trinajstić information content (AvgIpc) is 3.47. The van der Waals surface area contributed by atoms with Gasteiger partial charge in [0, 0.05) is 74.5 Å². The topological polar surface area (TPSA) is 78.2 Å². The number of ether oxygens (including phenoxy) is 1. The fourth-order valence-corrected chi connectivity index (χ4v) is 8.25. The van der Waals surface area contributed by atoms with E-state index < -0.39 is 0 Å². The van der Waals surface area contributed by atoms with Crippen LogP contribution in [0.1, 0.15) is 39.5 Å². The molecule has 220 valence electrons. The Morgan fingerprint density at radius 1 is 1.17 bits per heavy atom. The average molecular weight is 662 g/mol. The van der Waals surface area contributed by atoms with E-state index in [0.717, 1.165) is 59.7 Å². The van der Waals surface area contributed by atoms with E-state index in [4.69, 9.17) is 4.74 Å². The molecule has 0 bridgehead atoms. The maximum absolute atomic E-state index is 13.4. The predicted molar refractivity (Wildman–Crippen MR) is 171 cm³/mol. The summed E-state index contributed by atoms with van der Waals surface area (Å²) in [5.74, 6) is 1.78. The minimum atomic E-state index is -0.370. The van der Waals surface area contributed by atoms with Crippen molar-refractivity contribution >= 4 is 62.2 Å². The zero-order chi connectivity index (χ0) is 29.1. The van der Waals surface area contributed by atoms with Crippen molar-refractivity contribution < 1.29 is 19.4 Å². The summed E-state index contributed by atoms with van der Waals surface area (Å²) < 4.78 is 8.22. The van der Waals surface area contributed by atoms with Crippen molar-refractivity contribution in [2.75, 3.05) is 57.9 Å². The number of nitrogens with zero attached hydrogens (tertiary/aromatic N) is 4.